The van der Waals surface area contributed by atoms with Crippen LogP contribution in [-0.2, 0) is 11.3 Å². The van der Waals surface area contributed by atoms with Gasteiger partial charge in [-0.1, -0.05) is 30.3 Å². The van der Waals surface area contributed by atoms with Crippen molar-refractivity contribution in [3.05, 3.63) is 54.2 Å². The Morgan fingerprint density at radius 3 is 2.64 bits per heavy atom. The molecule has 1 heterocycles. The monoisotopic (exact) mass is 300 g/mol. The van der Waals surface area contributed by atoms with Gasteiger partial charge in [0.25, 0.3) is 0 Å². The van der Waals surface area contributed by atoms with Crippen LogP contribution < -0.4 is 10.6 Å². The lowest BCUT2D eigenvalue weighted by Crippen LogP contribution is -2.48. The summed E-state index contributed by atoms with van der Waals surface area (Å²) in [5.41, 5.74) is 0.600. The summed E-state index contributed by atoms with van der Waals surface area (Å²) in [5, 5.41) is 13.0. The van der Waals surface area contributed by atoms with Gasteiger partial charge in [0.05, 0.1) is 18.8 Å². The molecule has 2 amide bonds. The van der Waals surface area contributed by atoms with Gasteiger partial charge in [-0.15, -0.1) is 5.10 Å². The molecule has 0 aliphatic rings. The summed E-state index contributed by atoms with van der Waals surface area (Å²) in [7, 11) is 0. The average molecular weight is 300 g/mol. The van der Waals surface area contributed by atoms with Gasteiger partial charge in [-0.05, 0) is 31.5 Å². The molecule has 6 nitrogen and oxygen atoms in total. The molecule has 0 spiro atoms. The van der Waals surface area contributed by atoms with Crippen LogP contribution in [0.15, 0.2) is 48.7 Å². The summed E-state index contributed by atoms with van der Waals surface area (Å²) in [6, 6.07) is 12.9. The van der Waals surface area contributed by atoms with Crippen molar-refractivity contribution >= 4 is 11.8 Å². The molecule has 22 heavy (non-hydrogen) atoms. The summed E-state index contributed by atoms with van der Waals surface area (Å²) < 4.78 is 5.67. The van der Waals surface area contributed by atoms with Crippen LogP contribution in [0.3, 0.4) is 0 Å². The highest BCUT2D eigenvalue weighted by molar-refractivity contribution is 5.88. The predicted molar refractivity (Wildman–Crippen MR) is 84.4 cm³/mol. The van der Waals surface area contributed by atoms with E-state index in [2.05, 4.69) is 20.8 Å². The fraction of sp³-hybridized carbons (Fsp3) is 0.312. The van der Waals surface area contributed by atoms with Gasteiger partial charge in [-0.3, -0.25) is 5.32 Å². The van der Waals surface area contributed by atoms with Gasteiger partial charge in [0.1, 0.15) is 0 Å². The zero-order valence-electron chi connectivity index (χ0n) is 12.7. The molecule has 2 rings (SSSR count). The van der Waals surface area contributed by atoms with E-state index in [0.29, 0.717) is 19.0 Å². The van der Waals surface area contributed by atoms with Gasteiger partial charge in [-0.2, -0.15) is 5.10 Å². The van der Waals surface area contributed by atoms with E-state index in [1.807, 2.05) is 44.2 Å². The molecule has 0 aliphatic heterocycles. The van der Waals surface area contributed by atoms with Gasteiger partial charge in [0.15, 0.2) is 5.82 Å². The number of ether oxygens (including phenoxy) is 1. The summed E-state index contributed by atoms with van der Waals surface area (Å²) >= 11 is 0. The second-order valence-corrected chi connectivity index (χ2v) is 5.55. The van der Waals surface area contributed by atoms with Crippen LogP contribution in [-0.4, -0.2) is 28.4 Å². The van der Waals surface area contributed by atoms with Crippen molar-refractivity contribution in [3.8, 4) is 0 Å². The van der Waals surface area contributed by atoms with Crippen molar-refractivity contribution in [1.29, 1.82) is 0 Å². The van der Waals surface area contributed by atoms with Gasteiger partial charge >= 0.3 is 6.03 Å². The van der Waals surface area contributed by atoms with E-state index >= 15 is 0 Å². The second kappa shape index (κ2) is 7.51. The van der Waals surface area contributed by atoms with Gasteiger partial charge in [0.2, 0.25) is 0 Å². The van der Waals surface area contributed by atoms with E-state index in [0.717, 1.165) is 5.56 Å². The molecule has 0 bridgehead atoms. The second-order valence-electron chi connectivity index (χ2n) is 5.55. The summed E-state index contributed by atoms with van der Waals surface area (Å²) in [5.74, 6) is 0.404. The molecule has 0 unspecified atom stereocenters. The number of carbonyl (C=O) groups excluding carboxylic acids is 1. The number of carbonyl (C=O) groups is 1. The molecule has 0 saturated heterocycles. The largest absolute Gasteiger partial charge is 0.374 e. The smallest absolute Gasteiger partial charge is 0.320 e. The third-order valence-corrected chi connectivity index (χ3v) is 2.84. The number of anilines is 1. The molecular formula is C16H20N4O2. The van der Waals surface area contributed by atoms with Crippen molar-refractivity contribution in [1.82, 2.24) is 15.5 Å². The summed E-state index contributed by atoms with van der Waals surface area (Å²) in [6.07, 6.45) is 1.55. The van der Waals surface area contributed by atoms with E-state index in [9.17, 15) is 4.79 Å². The highest BCUT2D eigenvalue weighted by atomic mass is 16.5. The van der Waals surface area contributed by atoms with E-state index in [1.165, 1.54) is 0 Å². The highest BCUT2D eigenvalue weighted by Crippen LogP contribution is 2.07. The van der Waals surface area contributed by atoms with E-state index in [-0.39, 0.29) is 6.03 Å². The topological polar surface area (TPSA) is 76.1 Å². The Labute approximate surface area is 129 Å². The Bertz CT molecular complexity index is 588. The number of amides is 2. The molecule has 0 aliphatic carbocycles. The van der Waals surface area contributed by atoms with Crippen LogP contribution in [0.1, 0.15) is 19.4 Å². The fourth-order valence-corrected chi connectivity index (χ4v) is 1.86. The molecule has 2 N–H and O–H groups in total. The number of nitrogens with zero attached hydrogens (tertiary/aromatic N) is 2. The van der Waals surface area contributed by atoms with Crippen LogP contribution >= 0.6 is 0 Å². The number of hydrogen-bond donors (Lipinski definition) is 2. The molecule has 1 aromatic heterocycles. The number of urea groups is 1. The van der Waals surface area contributed by atoms with Crippen LogP contribution in [0.5, 0.6) is 0 Å². The SMILES string of the molecule is CC(C)(COCc1ccccc1)NC(=O)Nc1cccnn1. The lowest BCUT2D eigenvalue weighted by molar-refractivity contribution is 0.0752. The predicted octanol–water partition coefficient (Wildman–Crippen LogP) is 2.59. The number of aromatic nitrogens is 2. The quantitative estimate of drug-likeness (QED) is 0.859. The fourth-order valence-electron chi connectivity index (χ4n) is 1.86. The molecular weight excluding hydrogens is 280 g/mol. The van der Waals surface area contributed by atoms with Crippen LogP contribution in [0.25, 0.3) is 0 Å². The number of nitrogens with one attached hydrogen (secondary N) is 2. The Hall–Kier alpha value is -2.47. The van der Waals surface area contributed by atoms with Gasteiger partial charge < -0.3 is 10.1 Å². The molecule has 6 heteroatoms. The maximum Gasteiger partial charge on any atom is 0.320 e. The lowest BCUT2D eigenvalue weighted by atomic mass is 10.1. The molecule has 0 saturated carbocycles. The van der Waals surface area contributed by atoms with E-state index in [1.54, 1.807) is 18.3 Å². The normalized spacial score (nSPS) is 11.0. The van der Waals surface area contributed by atoms with Gasteiger partial charge in [-0.25, -0.2) is 4.79 Å². The summed E-state index contributed by atoms with van der Waals surface area (Å²) in [6.45, 7) is 4.70. The minimum Gasteiger partial charge on any atom is -0.374 e. The van der Waals surface area contributed by atoms with Crippen molar-refractivity contribution in [2.24, 2.45) is 0 Å². The standard InChI is InChI=1S/C16H20N4O2/c1-16(2,12-22-11-13-7-4-3-5-8-13)19-15(21)18-14-9-6-10-17-20-14/h3-10H,11-12H2,1-2H3,(H2,18,19,20,21). The molecule has 0 fully saturated rings. The molecule has 116 valence electrons. The maximum atomic E-state index is 11.9. The Morgan fingerprint density at radius 1 is 1.18 bits per heavy atom. The third-order valence-electron chi connectivity index (χ3n) is 2.84. The van der Waals surface area contributed by atoms with Crippen molar-refractivity contribution in [2.75, 3.05) is 11.9 Å². The minimum atomic E-state index is -0.499. The lowest BCUT2D eigenvalue weighted by Gasteiger charge is -2.26. The summed E-state index contributed by atoms with van der Waals surface area (Å²) in [4.78, 5) is 11.9. The van der Waals surface area contributed by atoms with Crippen LogP contribution in [0.4, 0.5) is 10.6 Å². The van der Waals surface area contributed by atoms with Crippen LogP contribution in [0.2, 0.25) is 0 Å². The number of hydrogen-bond acceptors (Lipinski definition) is 4. The molecule has 0 radical (unpaired) electrons. The first kappa shape index (κ1) is 15.9. The maximum absolute atomic E-state index is 11.9. The van der Waals surface area contributed by atoms with Crippen molar-refractivity contribution < 1.29 is 9.53 Å². The first-order chi connectivity index (χ1) is 10.6. The Morgan fingerprint density at radius 2 is 1.95 bits per heavy atom. The van der Waals surface area contributed by atoms with Crippen LogP contribution in [0, 0.1) is 0 Å². The first-order valence-corrected chi connectivity index (χ1v) is 7.04. The highest BCUT2D eigenvalue weighted by Gasteiger charge is 2.21. The third kappa shape index (κ3) is 5.49. The van der Waals surface area contributed by atoms with Gasteiger partial charge in [0, 0.05) is 6.20 Å². The van der Waals surface area contributed by atoms with Crippen molar-refractivity contribution in [2.45, 2.75) is 26.0 Å². The zero-order valence-corrected chi connectivity index (χ0v) is 12.7. The number of rotatable bonds is 6. The Kier molecular flexibility index (Phi) is 5.43. The minimum absolute atomic E-state index is 0.339. The van der Waals surface area contributed by atoms with E-state index < -0.39 is 5.54 Å². The number of benzene rings is 1. The molecule has 0 atom stereocenters. The van der Waals surface area contributed by atoms with Crippen molar-refractivity contribution in [3.63, 3.8) is 0 Å². The molecule has 1 aromatic carbocycles. The molecule has 2 aromatic rings. The average Bonchev–Trinajstić information content (AvgIpc) is 2.48. The van der Waals surface area contributed by atoms with E-state index in [4.69, 9.17) is 4.74 Å². The zero-order chi connectivity index (χ0) is 15.8. The first-order valence-electron chi connectivity index (χ1n) is 7.04. The Balaban J connectivity index is 1.76.